The molecule has 1 rings (SSSR count). The molecule has 0 heterocycles. The van der Waals surface area contributed by atoms with Crippen LogP contribution in [0.4, 0.5) is 0 Å². The lowest BCUT2D eigenvalue weighted by molar-refractivity contribution is -0.154. The first kappa shape index (κ1) is 12.2. The number of esters is 1. The lowest BCUT2D eigenvalue weighted by Gasteiger charge is -2.34. The number of nitrogens with two attached hydrogens (primary N) is 1. The molecular formula is C12H21NO2. The summed E-state index contributed by atoms with van der Waals surface area (Å²) < 4.78 is 5.14. The summed E-state index contributed by atoms with van der Waals surface area (Å²) in [6.45, 7) is 4.23. The van der Waals surface area contributed by atoms with Gasteiger partial charge >= 0.3 is 5.97 Å². The van der Waals surface area contributed by atoms with Gasteiger partial charge in [0.1, 0.15) is 0 Å². The Hall–Kier alpha value is -0.830. The van der Waals surface area contributed by atoms with Crippen LogP contribution in [0.5, 0.6) is 0 Å². The third kappa shape index (κ3) is 2.81. The number of ether oxygens (including phenoxy) is 1. The van der Waals surface area contributed by atoms with E-state index < -0.39 is 5.41 Å². The van der Waals surface area contributed by atoms with Crippen molar-refractivity contribution in [1.82, 2.24) is 0 Å². The van der Waals surface area contributed by atoms with Crippen LogP contribution in [0.25, 0.3) is 0 Å². The minimum absolute atomic E-state index is 0.0880. The average Bonchev–Trinajstić information content (AvgIpc) is 2.22. The molecule has 0 spiro atoms. The molecule has 0 aromatic heterocycles. The van der Waals surface area contributed by atoms with E-state index >= 15 is 0 Å². The van der Waals surface area contributed by atoms with Crippen molar-refractivity contribution in [2.75, 3.05) is 6.61 Å². The van der Waals surface area contributed by atoms with Crippen LogP contribution in [-0.4, -0.2) is 18.6 Å². The molecule has 15 heavy (non-hydrogen) atoms. The summed E-state index contributed by atoms with van der Waals surface area (Å²) in [5.74, 6) is -0.0880. The maximum Gasteiger partial charge on any atom is 0.315 e. The minimum Gasteiger partial charge on any atom is -0.465 e. The maximum absolute atomic E-state index is 11.9. The second-order valence-corrected chi connectivity index (χ2v) is 4.21. The first-order valence-corrected chi connectivity index (χ1v) is 5.71. The fourth-order valence-electron chi connectivity index (χ4n) is 2.19. The van der Waals surface area contributed by atoms with Gasteiger partial charge < -0.3 is 10.5 Å². The van der Waals surface area contributed by atoms with Crippen LogP contribution in [0.2, 0.25) is 0 Å². The highest BCUT2D eigenvalue weighted by Crippen LogP contribution is 2.38. The zero-order valence-electron chi connectivity index (χ0n) is 9.66. The van der Waals surface area contributed by atoms with Crippen molar-refractivity contribution < 1.29 is 9.53 Å². The first-order chi connectivity index (χ1) is 7.14. The van der Waals surface area contributed by atoms with E-state index in [-0.39, 0.29) is 12.0 Å². The fraction of sp³-hybridized carbons (Fsp3) is 0.750. The van der Waals surface area contributed by atoms with Gasteiger partial charge in [0.2, 0.25) is 0 Å². The third-order valence-corrected chi connectivity index (χ3v) is 3.09. The minimum atomic E-state index is -0.402. The van der Waals surface area contributed by atoms with E-state index in [1.54, 1.807) is 0 Å². The predicted octanol–water partition coefficient (Wildman–Crippen LogP) is 2.01. The van der Waals surface area contributed by atoms with Crippen LogP contribution in [0, 0.1) is 5.41 Å². The Balaban J connectivity index is 2.75. The molecule has 1 saturated carbocycles. The molecule has 3 nitrogen and oxygen atoms in total. The number of allylic oxidation sites excluding steroid dienone is 1. The van der Waals surface area contributed by atoms with E-state index in [1.807, 2.05) is 26.0 Å². The van der Waals surface area contributed by atoms with Gasteiger partial charge in [-0.15, -0.1) is 0 Å². The molecule has 0 aromatic carbocycles. The van der Waals surface area contributed by atoms with Crippen LogP contribution in [-0.2, 0) is 9.53 Å². The average molecular weight is 211 g/mol. The molecular weight excluding hydrogens is 190 g/mol. The summed E-state index contributed by atoms with van der Waals surface area (Å²) in [6, 6.07) is 0.248. The lowest BCUT2D eigenvalue weighted by Crippen LogP contribution is -2.39. The smallest absolute Gasteiger partial charge is 0.315 e. The van der Waals surface area contributed by atoms with Crippen LogP contribution in [0.3, 0.4) is 0 Å². The predicted molar refractivity (Wildman–Crippen MR) is 60.3 cm³/mol. The van der Waals surface area contributed by atoms with Crippen molar-refractivity contribution in [3.8, 4) is 0 Å². The van der Waals surface area contributed by atoms with E-state index in [0.717, 1.165) is 25.7 Å². The molecule has 3 heteroatoms. The second kappa shape index (κ2) is 5.31. The van der Waals surface area contributed by atoms with E-state index in [4.69, 9.17) is 10.5 Å². The standard InChI is InChI=1S/C12H21NO2/c1-3-7-12(11(14)15-4-2)8-5-10(13)6-9-12/h3,7,10H,4-6,8-9,13H2,1-2H3. The number of carbonyl (C=O) groups is 1. The molecule has 86 valence electrons. The first-order valence-electron chi connectivity index (χ1n) is 5.71. The molecule has 0 unspecified atom stereocenters. The maximum atomic E-state index is 11.9. The van der Waals surface area contributed by atoms with Crippen LogP contribution in [0.1, 0.15) is 39.5 Å². The van der Waals surface area contributed by atoms with Gasteiger partial charge in [-0.2, -0.15) is 0 Å². The van der Waals surface area contributed by atoms with Crippen LogP contribution < -0.4 is 5.73 Å². The van der Waals surface area contributed by atoms with Gasteiger partial charge in [-0.05, 0) is 39.5 Å². The molecule has 1 fully saturated rings. The molecule has 0 bridgehead atoms. The van der Waals surface area contributed by atoms with Gasteiger partial charge in [0.15, 0.2) is 0 Å². The molecule has 0 aliphatic heterocycles. The summed E-state index contributed by atoms with van der Waals surface area (Å²) in [7, 11) is 0. The lowest BCUT2D eigenvalue weighted by atomic mass is 9.72. The third-order valence-electron chi connectivity index (χ3n) is 3.09. The SMILES string of the molecule is CC=CC1(C(=O)OCC)CCC(N)CC1. The Morgan fingerprint density at radius 2 is 2.13 bits per heavy atom. The van der Waals surface area contributed by atoms with Crippen molar-refractivity contribution in [3.63, 3.8) is 0 Å². The zero-order valence-corrected chi connectivity index (χ0v) is 9.66. The van der Waals surface area contributed by atoms with Crippen molar-refractivity contribution in [2.45, 2.75) is 45.6 Å². The van der Waals surface area contributed by atoms with Crippen molar-refractivity contribution in [3.05, 3.63) is 12.2 Å². The van der Waals surface area contributed by atoms with Gasteiger partial charge in [-0.1, -0.05) is 12.2 Å². The normalized spacial score (nSPS) is 31.8. The zero-order chi connectivity index (χ0) is 11.3. The molecule has 0 saturated heterocycles. The Labute approximate surface area is 91.7 Å². The van der Waals surface area contributed by atoms with Gasteiger partial charge in [-0.3, -0.25) is 4.79 Å². The second-order valence-electron chi connectivity index (χ2n) is 4.21. The number of carbonyl (C=O) groups excluding carboxylic acids is 1. The molecule has 1 aliphatic carbocycles. The highest BCUT2D eigenvalue weighted by atomic mass is 16.5. The summed E-state index contributed by atoms with van der Waals surface area (Å²) in [5, 5.41) is 0. The fourth-order valence-corrected chi connectivity index (χ4v) is 2.19. The molecule has 0 radical (unpaired) electrons. The van der Waals surface area contributed by atoms with Gasteiger partial charge in [0.05, 0.1) is 12.0 Å². The molecule has 1 aliphatic rings. The monoisotopic (exact) mass is 211 g/mol. The molecule has 2 N–H and O–H groups in total. The van der Waals surface area contributed by atoms with E-state index in [0.29, 0.717) is 6.61 Å². The highest BCUT2D eigenvalue weighted by Gasteiger charge is 2.39. The van der Waals surface area contributed by atoms with Crippen LogP contribution in [0.15, 0.2) is 12.2 Å². The van der Waals surface area contributed by atoms with E-state index in [1.165, 1.54) is 0 Å². The number of hydrogen-bond acceptors (Lipinski definition) is 3. The summed E-state index contributed by atoms with van der Waals surface area (Å²) in [4.78, 5) is 11.9. The van der Waals surface area contributed by atoms with Gasteiger partial charge in [-0.25, -0.2) is 0 Å². The van der Waals surface area contributed by atoms with Crippen molar-refractivity contribution in [1.29, 1.82) is 0 Å². The van der Waals surface area contributed by atoms with E-state index in [2.05, 4.69) is 0 Å². The topological polar surface area (TPSA) is 52.3 Å². The Kier molecular flexibility index (Phi) is 4.33. The Morgan fingerprint density at radius 3 is 2.60 bits per heavy atom. The molecule has 0 aromatic rings. The Bertz CT molecular complexity index is 240. The summed E-state index contributed by atoms with van der Waals surface area (Å²) in [6.07, 6.45) is 7.37. The van der Waals surface area contributed by atoms with Crippen molar-refractivity contribution >= 4 is 5.97 Å². The van der Waals surface area contributed by atoms with Gasteiger partial charge in [0.25, 0.3) is 0 Å². The largest absolute Gasteiger partial charge is 0.465 e. The molecule has 0 amide bonds. The number of rotatable bonds is 3. The van der Waals surface area contributed by atoms with Crippen LogP contribution >= 0.6 is 0 Å². The number of hydrogen-bond donors (Lipinski definition) is 1. The summed E-state index contributed by atoms with van der Waals surface area (Å²) in [5.41, 5.74) is 5.45. The van der Waals surface area contributed by atoms with Gasteiger partial charge in [0, 0.05) is 6.04 Å². The quantitative estimate of drug-likeness (QED) is 0.574. The summed E-state index contributed by atoms with van der Waals surface area (Å²) >= 11 is 0. The molecule has 0 atom stereocenters. The van der Waals surface area contributed by atoms with Crippen molar-refractivity contribution in [2.24, 2.45) is 11.1 Å². The van der Waals surface area contributed by atoms with E-state index in [9.17, 15) is 4.79 Å². The highest BCUT2D eigenvalue weighted by molar-refractivity contribution is 5.79. The Morgan fingerprint density at radius 1 is 1.53 bits per heavy atom.